The molecule has 0 fully saturated rings. The molecule has 0 aromatic heterocycles. The number of carboxylic acids is 1. The molecule has 0 aliphatic rings. The van der Waals surface area contributed by atoms with Gasteiger partial charge in [-0.1, -0.05) is 94.5 Å². The lowest BCUT2D eigenvalue weighted by Crippen LogP contribution is -1.95. The van der Waals surface area contributed by atoms with Gasteiger partial charge in [-0.3, -0.25) is 0 Å². The summed E-state index contributed by atoms with van der Waals surface area (Å²) in [6.07, 6.45) is 13.5. The summed E-state index contributed by atoms with van der Waals surface area (Å²) < 4.78 is 0. The van der Waals surface area contributed by atoms with Crippen LogP contribution in [0.25, 0.3) is 6.08 Å². The van der Waals surface area contributed by atoms with Gasteiger partial charge in [0.15, 0.2) is 0 Å². The summed E-state index contributed by atoms with van der Waals surface area (Å²) >= 11 is 0. The maximum absolute atomic E-state index is 10.5. The van der Waals surface area contributed by atoms with Crippen LogP contribution in [0.3, 0.4) is 0 Å². The van der Waals surface area contributed by atoms with Gasteiger partial charge in [0.2, 0.25) is 0 Å². The molecule has 0 heterocycles. The number of carbonyl (C=O) groups is 1. The first-order chi connectivity index (χ1) is 11.1. The Bertz CT molecular complexity index is 446. The lowest BCUT2D eigenvalue weighted by Gasteiger charge is -1.99. The minimum atomic E-state index is -0.794. The molecule has 1 rings (SSSR count). The Balaban J connectivity index is 0.000000502. The van der Waals surface area contributed by atoms with E-state index in [9.17, 15) is 4.79 Å². The van der Waals surface area contributed by atoms with Gasteiger partial charge in [0.25, 0.3) is 0 Å². The molecule has 128 valence electrons. The average Bonchev–Trinajstić information content (AvgIpc) is 2.58. The normalized spacial score (nSPS) is 10.6. The topological polar surface area (TPSA) is 37.3 Å². The van der Waals surface area contributed by atoms with Crippen LogP contribution in [0.2, 0.25) is 0 Å². The Morgan fingerprint density at radius 2 is 1.61 bits per heavy atom. The number of benzene rings is 1. The second-order valence-corrected chi connectivity index (χ2v) is 5.72. The van der Waals surface area contributed by atoms with E-state index in [0.29, 0.717) is 5.57 Å². The smallest absolute Gasteiger partial charge is 0.330 e. The molecule has 2 nitrogen and oxygen atoms in total. The fourth-order valence-electron chi connectivity index (χ4n) is 2.10. The molecule has 0 saturated carbocycles. The molecule has 1 N–H and O–H groups in total. The molecule has 0 saturated heterocycles. The number of hydrogen-bond donors (Lipinski definition) is 1. The third kappa shape index (κ3) is 13.5. The van der Waals surface area contributed by atoms with Crippen molar-refractivity contribution in [3.05, 3.63) is 54.1 Å². The molecule has 0 spiro atoms. The fourth-order valence-corrected chi connectivity index (χ4v) is 2.10. The molecular weight excluding hydrogens is 284 g/mol. The highest BCUT2D eigenvalue weighted by Crippen LogP contribution is 2.09. The van der Waals surface area contributed by atoms with Crippen LogP contribution in [0.4, 0.5) is 0 Å². The van der Waals surface area contributed by atoms with E-state index in [-0.39, 0.29) is 0 Å². The summed E-state index contributed by atoms with van der Waals surface area (Å²) in [5, 5.41) is 8.61. The van der Waals surface area contributed by atoms with Crippen LogP contribution in [-0.2, 0) is 4.79 Å². The van der Waals surface area contributed by atoms with E-state index in [1.165, 1.54) is 44.1 Å². The quantitative estimate of drug-likeness (QED) is 0.396. The number of aliphatic carboxylic acids is 1. The molecule has 0 aliphatic heterocycles. The summed E-state index contributed by atoms with van der Waals surface area (Å²) in [4.78, 5) is 10.5. The molecule has 2 heteroatoms. The molecule has 0 amide bonds. The first-order valence-electron chi connectivity index (χ1n) is 8.69. The average molecular weight is 316 g/mol. The van der Waals surface area contributed by atoms with Crippen LogP contribution in [0.1, 0.15) is 70.8 Å². The van der Waals surface area contributed by atoms with Gasteiger partial charge >= 0.3 is 5.97 Å². The van der Waals surface area contributed by atoms with Crippen LogP contribution in [-0.4, -0.2) is 11.1 Å². The zero-order valence-electron chi connectivity index (χ0n) is 14.8. The molecule has 1 aromatic carbocycles. The Labute approximate surface area is 141 Å². The number of rotatable bonds is 10. The van der Waals surface area contributed by atoms with Gasteiger partial charge in [-0.15, -0.1) is 0 Å². The van der Waals surface area contributed by atoms with Gasteiger partial charge in [0.1, 0.15) is 0 Å². The minimum Gasteiger partial charge on any atom is -0.478 e. The van der Waals surface area contributed by atoms with Crippen LogP contribution in [0.5, 0.6) is 0 Å². The first-order valence-corrected chi connectivity index (χ1v) is 8.69. The zero-order chi connectivity index (χ0) is 17.3. The maximum Gasteiger partial charge on any atom is 0.330 e. The molecule has 0 aliphatic carbocycles. The molecule has 0 bridgehead atoms. The van der Waals surface area contributed by atoms with E-state index < -0.39 is 5.97 Å². The van der Waals surface area contributed by atoms with Crippen LogP contribution >= 0.6 is 0 Å². The summed E-state index contributed by atoms with van der Waals surface area (Å²) in [6.45, 7) is 7.51. The number of hydrogen-bond acceptors (Lipinski definition) is 1. The van der Waals surface area contributed by atoms with E-state index >= 15 is 0 Å². The lowest BCUT2D eigenvalue weighted by molar-refractivity contribution is -0.132. The summed E-state index contributed by atoms with van der Waals surface area (Å²) in [6, 6.07) is 10.0. The van der Waals surface area contributed by atoms with Crippen molar-refractivity contribution in [2.75, 3.05) is 0 Å². The van der Waals surface area contributed by atoms with E-state index in [2.05, 4.69) is 13.5 Å². The van der Waals surface area contributed by atoms with Gasteiger partial charge in [-0.25, -0.2) is 4.79 Å². The Morgan fingerprint density at radius 3 is 2.09 bits per heavy atom. The fraction of sp³-hybridized carbons (Fsp3) is 0.476. The standard InChI is InChI=1S/C13H24O2.C8H8/c1-3-4-5-6-7-8-9-10-11-12(2)13(14)15;1-2-8-6-4-3-5-7-8/h11H,3-10H2,1-2H3,(H,14,15);2-7H,1H2. The van der Waals surface area contributed by atoms with Gasteiger partial charge in [-0.2, -0.15) is 0 Å². The number of unbranched alkanes of at least 4 members (excludes halogenated alkanes) is 7. The molecule has 0 radical (unpaired) electrons. The predicted octanol–water partition coefficient (Wildman–Crippen LogP) is 6.49. The number of allylic oxidation sites excluding steroid dienone is 1. The number of carboxylic acid groups (broad SMARTS) is 1. The lowest BCUT2D eigenvalue weighted by atomic mass is 10.1. The van der Waals surface area contributed by atoms with E-state index in [4.69, 9.17) is 5.11 Å². The molecular formula is C21H32O2. The Hall–Kier alpha value is -1.83. The van der Waals surface area contributed by atoms with Gasteiger partial charge in [0.05, 0.1) is 0 Å². The van der Waals surface area contributed by atoms with Crippen molar-refractivity contribution in [1.82, 2.24) is 0 Å². The van der Waals surface area contributed by atoms with Crippen LogP contribution < -0.4 is 0 Å². The first kappa shape index (κ1) is 21.2. The van der Waals surface area contributed by atoms with Crippen molar-refractivity contribution < 1.29 is 9.90 Å². The summed E-state index contributed by atoms with van der Waals surface area (Å²) in [5.41, 5.74) is 1.65. The molecule has 0 unspecified atom stereocenters. The summed E-state index contributed by atoms with van der Waals surface area (Å²) in [7, 11) is 0. The molecule has 23 heavy (non-hydrogen) atoms. The molecule has 0 atom stereocenters. The third-order valence-corrected chi connectivity index (χ3v) is 3.63. The second-order valence-electron chi connectivity index (χ2n) is 5.72. The zero-order valence-corrected chi connectivity index (χ0v) is 14.8. The van der Waals surface area contributed by atoms with Gasteiger partial charge < -0.3 is 5.11 Å². The molecule has 1 aromatic rings. The van der Waals surface area contributed by atoms with Crippen molar-refractivity contribution in [1.29, 1.82) is 0 Å². The van der Waals surface area contributed by atoms with Crippen molar-refractivity contribution in [3.63, 3.8) is 0 Å². The van der Waals surface area contributed by atoms with Crippen LogP contribution in [0.15, 0.2) is 48.6 Å². The van der Waals surface area contributed by atoms with Crippen LogP contribution in [0, 0.1) is 0 Å². The highest BCUT2D eigenvalue weighted by molar-refractivity contribution is 5.85. The van der Waals surface area contributed by atoms with Crippen molar-refractivity contribution in [3.8, 4) is 0 Å². The minimum absolute atomic E-state index is 0.473. The van der Waals surface area contributed by atoms with E-state index in [1.807, 2.05) is 42.5 Å². The highest BCUT2D eigenvalue weighted by atomic mass is 16.4. The van der Waals surface area contributed by atoms with Gasteiger partial charge in [0, 0.05) is 5.57 Å². The van der Waals surface area contributed by atoms with Crippen molar-refractivity contribution in [2.45, 2.75) is 65.2 Å². The Kier molecular flexibility index (Phi) is 13.9. The second kappa shape index (κ2) is 15.1. The van der Waals surface area contributed by atoms with E-state index in [1.54, 1.807) is 6.92 Å². The third-order valence-electron chi connectivity index (χ3n) is 3.63. The Morgan fingerprint density at radius 1 is 1.04 bits per heavy atom. The van der Waals surface area contributed by atoms with E-state index in [0.717, 1.165) is 12.8 Å². The van der Waals surface area contributed by atoms with Crippen molar-refractivity contribution >= 4 is 12.0 Å². The predicted molar refractivity (Wildman–Crippen MR) is 101 cm³/mol. The monoisotopic (exact) mass is 316 g/mol. The highest BCUT2D eigenvalue weighted by Gasteiger charge is 1.97. The van der Waals surface area contributed by atoms with Crippen molar-refractivity contribution in [2.24, 2.45) is 0 Å². The SMILES string of the molecule is C=Cc1ccccc1.CCCCCCCCCC=C(C)C(=O)O. The maximum atomic E-state index is 10.5. The largest absolute Gasteiger partial charge is 0.478 e. The summed E-state index contributed by atoms with van der Waals surface area (Å²) in [5.74, 6) is -0.794. The van der Waals surface area contributed by atoms with Gasteiger partial charge in [-0.05, 0) is 25.3 Å².